The number of aromatic nitrogens is 3. The van der Waals surface area contributed by atoms with E-state index in [2.05, 4.69) is 20.5 Å². The molecule has 0 atom stereocenters. The summed E-state index contributed by atoms with van der Waals surface area (Å²) in [7, 11) is 3.08. The van der Waals surface area contributed by atoms with Gasteiger partial charge in [-0.05, 0) is 24.3 Å². The molecule has 0 bridgehead atoms. The monoisotopic (exact) mass is 324 g/mol. The SMILES string of the molecule is COc1cc(OC)cc(C(=O)Nc2cccc(-c3ncn[nH]3)c2)c1. The van der Waals surface area contributed by atoms with Crippen molar-refractivity contribution in [3.63, 3.8) is 0 Å². The summed E-state index contributed by atoms with van der Waals surface area (Å²) in [6.45, 7) is 0. The van der Waals surface area contributed by atoms with Crippen LogP contribution in [0.5, 0.6) is 11.5 Å². The van der Waals surface area contributed by atoms with E-state index in [4.69, 9.17) is 9.47 Å². The van der Waals surface area contributed by atoms with E-state index < -0.39 is 0 Å². The predicted octanol–water partition coefficient (Wildman–Crippen LogP) is 2.74. The van der Waals surface area contributed by atoms with Gasteiger partial charge in [-0.1, -0.05) is 12.1 Å². The van der Waals surface area contributed by atoms with Gasteiger partial charge < -0.3 is 14.8 Å². The van der Waals surface area contributed by atoms with E-state index in [0.29, 0.717) is 28.6 Å². The highest BCUT2D eigenvalue weighted by molar-refractivity contribution is 6.05. The fourth-order valence-corrected chi connectivity index (χ4v) is 2.23. The molecule has 24 heavy (non-hydrogen) atoms. The summed E-state index contributed by atoms with van der Waals surface area (Å²) in [6.07, 6.45) is 1.43. The third-order valence-electron chi connectivity index (χ3n) is 3.42. The lowest BCUT2D eigenvalue weighted by Gasteiger charge is -2.10. The summed E-state index contributed by atoms with van der Waals surface area (Å²) in [5.41, 5.74) is 1.92. The van der Waals surface area contributed by atoms with E-state index in [1.54, 1.807) is 24.3 Å². The van der Waals surface area contributed by atoms with E-state index in [9.17, 15) is 4.79 Å². The number of nitrogens with zero attached hydrogens (tertiary/aromatic N) is 2. The van der Waals surface area contributed by atoms with Crippen LogP contribution in [-0.2, 0) is 0 Å². The highest BCUT2D eigenvalue weighted by atomic mass is 16.5. The van der Waals surface area contributed by atoms with Gasteiger partial charge in [-0.2, -0.15) is 5.10 Å². The molecule has 0 unspecified atom stereocenters. The van der Waals surface area contributed by atoms with Gasteiger partial charge >= 0.3 is 0 Å². The van der Waals surface area contributed by atoms with E-state index in [0.717, 1.165) is 5.56 Å². The van der Waals surface area contributed by atoms with Crippen LogP contribution >= 0.6 is 0 Å². The fraction of sp³-hybridized carbons (Fsp3) is 0.118. The molecule has 0 aliphatic carbocycles. The highest BCUT2D eigenvalue weighted by Crippen LogP contribution is 2.24. The van der Waals surface area contributed by atoms with Crippen LogP contribution in [0.25, 0.3) is 11.4 Å². The first-order valence-corrected chi connectivity index (χ1v) is 7.20. The van der Waals surface area contributed by atoms with Gasteiger partial charge in [0, 0.05) is 22.9 Å². The largest absolute Gasteiger partial charge is 0.497 e. The Labute approximate surface area is 138 Å². The third-order valence-corrected chi connectivity index (χ3v) is 3.42. The number of ether oxygens (including phenoxy) is 2. The Morgan fingerprint density at radius 1 is 1.08 bits per heavy atom. The number of rotatable bonds is 5. The van der Waals surface area contributed by atoms with E-state index in [-0.39, 0.29) is 5.91 Å². The van der Waals surface area contributed by atoms with Gasteiger partial charge in [0.25, 0.3) is 5.91 Å². The zero-order chi connectivity index (χ0) is 16.9. The molecule has 0 radical (unpaired) electrons. The minimum Gasteiger partial charge on any atom is -0.497 e. The first kappa shape index (κ1) is 15.5. The second kappa shape index (κ2) is 6.82. The quantitative estimate of drug-likeness (QED) is 0.753. The first-order valence-electron chi connectivity index (χ1n) is 7.20. The molecule has 0 fully saturated rings. The molecule has 1 heterocycles. The summed E-state index contributed by atoms with van der Waals surface area (Å²) in [4.78, 5) is 16.6. The number of aromatic amines is 1. The fourth-order valence-electron chi connectivity index (χ4n) is 2.23. The van der Waals surface area contributed by atoms with E-state index in [1.807, 2.05) is 18.2 Å². The molecule has 2 N–H and O–H groups in total. The molecule has 7 heteroatoms. The number of nitrogens with one attached hydrogen (secondary N) is 2. The number of carbonyl (C=O) groups excluding carboxylic acids is 1. The summed E-state index contributed by atoms with van der Waals surface area (Å²) in [5.74, 6) is 1.47. The van der Waals surface area contributed by atoms with Crippen LogP contribution in [0, 0.1) is 0 Å². The van der Waals surface area contributed by atoms with Crippen LogP contribution in [0.4, 0.5) is 5.69 Å². The van der Waals surface area contributed by atoms with Gasteiger partial charge in [0.1, 0.15) is 17.8 Å². The Morgan fingerprint density at radius 2 is 1.83 bits per heavy atom. The lowest BCUT2D eigenvalue weighted by Crippen LogP contribution is -2.12. The van der Waals surface area contributed by atoms with Crippen molar-refractivity contribution in [2.45, 2.75) is 0 Å². The number of benzene rings is 2. The van der Waals surface area contributed by atoms with Crippen LogP contribution in [0.15, 0.2) is 48.8 Å². The minimum atomic E-state index is -0.262. The molecule has 2 aromatic carbocycles. The summed E-state index contributed by atoms with van der Waals surface area (Å²) >= 11 is 0. The zero-order valence-corrected chi connectivity index (χ0v) is 13.2. The number of anilines is 1. The van der Waals surface area contributed by atoms with E-state index >= 15 is 0 Å². The molecule has 7 nitrogen and oxygen atoms in total. The molecular weight excluding hydrogens is 308 g/mol. The van der Waals surface area contributed by atoms with Crippen molar-refractivity contribution in [1.29, 1.82) is 0 Å². The summed E-state index contributed by atoms with van der Waals surface area (Å²) in [6, 6.07) is 12.3. The van der Waals surface area contributed by atoms with Gasteiger partial charge in [-0.15, -0.1) is 0 Å². The van der Waals surface area contributed by atoms with Crippen LogP contribution < -0.4 is 14.8 Å². The molecule has 0 saturated heterocycles. The first-order chi connectivity index (χ1) is 11.7. The summed E-state index contributed by atoms with van der Waals surface area (Å²) in [5, 5.41) is 9.46. The third kappa shape index (κ3) is 3.35. The van der Waals surface area contributed by atoms with Gasteiger partial charge in [0.05, 0.1) is 14.2 Å². The summed E-state index contributed by atoms with van der Waals surface area (Å²) < 4.78 is 10.4. The van der Waals surface area contributed by atoms with E-state index in [1.165, 1.54) is 20.5 Å². The lowest BCUT2D eigenvalue weighted by molar-refractivity contribution is 0.102. The highest BCUT2D eigenvalue weighted by Gasteiger charge is 2.11. The van der Waals surface area contributed by atoms with Gasteiger partial charge in [0.2, 0.25) is 0 Å². The average Bonchev–Trinajstić information content (AvgIpc) is 3.16. The topological polar surface area (TPSA) is 89.1 Å². The van der Waals surface area contributed by atoms with Crippen LogP contribution in [0.3, 0.4) is 0 Å². The average molecular weight is 324 g/mol. The maximum Gasteiger partial charge on any atom is 0.255 e. The molecule has 0 aliphatic heterocycles. The predicted molar refractivity (Wildman–Crippen MR) is 89.3 cm³/mol. The van der Waals surface area contributed by atoms with Crippen molar-refractivity contribution in [1.82, 2.24) is 15.2 Å². The molecule has 3 aromatic rings. The maximum absolute atomic E-state index is 12.5. The molecule has 3 rings (SSSR count). The van der Waals surface area contributed by atoms with Crippen molar-refractivity contribution in [2.75, 3.05) is 19.5 Å². The van der Waals surface area contributed by atoms with Crippen molar-refractivity contribution in [3.8, 4) is 22.9 Å². The van der Waals surface area contributed by atoms with Crippen LogP contribution in [0.1, 0.15) is 10.4 Å². The Hall–Kier alpha value is -3.35. The number of hydrogen-bond acceptors (Lipinski definition) is 5. The standard InChI is InChI=1S/C17H16N4O3/c1-23-14-7-12(8-15(9-14)24-2)17(22)20-13-5-3-4-11(6-13)16-18-10-19-21-16/h3-10H,1-2H3,(H,20,22)(H,18,19,21). The zero-order valence-electron chi connectivity index (χ0n) is 13.2. The number of methoxy groups -OCH3 is 2. The Balaban J connectivity index is 1.84. The Kier molecular flexibility index (Phi) is 4.42. The number of amides is 1. The molecule has 0 aliphatic rings. The molecule has 0 spiro atoms. The normalized spacial score (nSPS) is 10.2. The Bertz CT molecular complexity index is 825. The maximum atomic E-state index is 12.5. The van der Waals surface area contributed by atoms with Crippen LogP contribution in [-0.4, -0.2) is 35.3 Å². The molecular formula is C17H16N4O3. The molecule has 1 aromatic heterocycles. The van der Waals surface area contributed by atoms with Crippen molar-refractivity contribution < 1.29 is 14.3 Å². The second-order valence-corrected chi connectivity index (χ2v) is 4.97. The second-order valence-electron chi connectivity index (χ2n) is 4.97. The van der Waals surface area contributed by atoms with Gasteiger partial charge in [-0.25, -0.2) is 4.98 Å². The van der Waals surface area contributed by atoms with Crippen molar-refractivity contribution in [3.05, 3.63) is 54.4 Å². The van der Waals surface area contributed by atoms with Gasteiger partial charge in [0.15, 0.2) is 5.82 Å². The lowest BCUT2D eigenvalue weighted by atomic mass is 10.1. The minimum absolute atomic E-state index is 0.262. The molecule has 1 amide bonds. The number of hydrogen-bond donors (Lipinski definition) is 2. The van der Waals surface area contributed by atoms with Crippen molar-refractivity contribution >= 4 is 11.6 Å². The number of H-pyrrole nitrogens is 1. The van der Waals surface area contributed by atoms with Crippen molar-refractivity contribution in [2.24, 2.45) is 0 Å². The molecule has 0 saturated carbocycles. The van der Waals surface area contributed by atoms with Crippen LogP contribution in [0.2, 0.25) is 0 Å². The number of carbonyl (C=O) groups is 1. The smallest absolute Gasteiger partial charge is 0.255 e. The Morgan fingerprint density at radius 3 is 2.46 bits per heavy atom. The molecule has 122 valence electrons. The van der Waals surface area contributed by atoms with Gasteiger partial charge in [-0.3, -0.25) is 9.89 Å².